The molecule has 1 rings (SSSR count). The zero-order valence-corrected chi connectivity index (χ0v) is 9.68. The monoisotopic (exact) mass is 200 g/mol. The summed E-state index contributed by atoms with van der Waals surface area (Å²) in [5.74, 6) is 0.707. The summed E-state index contributed by atoms with van der Waals surface area (Å²) in [6.07, 6.45) is 1.65. The summed E-state index contributed by atoms with van der Waals surface area (Å²) in [5.41, 5.74) is 0. The maximum Gasteiger partial charge on any atom is 0.0588 e. The van der Waals surface area contributed by atoms with E-state index >= 15 is 0 Å². The van der Waals surface area contributed by atoms with E-state index in [1.165, 1.54) is 6.42 Å². The van der Waals surface area contributed by atoms with Crippen molar-refractivity contribution in [1.82, 2.24) is 10.6 Å². The highest BCUT2D eigenvalue weighted by atomic mass is 16.5. The maximum atomic E-state index is 5.52. The zero-order chi connectivity index (χ0) is 10.4. The maximum absolute atomic E-state index is 5.52. The van der Waals surface area contributed by atoms with Gasteiger partial charge in [-0.2, -0.15) is 0 Å². The molecule has 1 saturated heterocycles. The van der Waals surface area contributed by atoms with Gasteiger partial charge in [0.1, 0.15) is 0 Å². The van der Waals surface area contributed by atoms with Crippen LogP contribution in [0.2, 0.25) is 0 Å². The first-order chi connectivity index (χ1) is 6.74. The third kappa shape index (κ3) is 3.95. The van der Waals surface area contributed by atoms with Crippen LogP contribution in [-0.4, -0.2) is 38.4 Å². The third-order valence-electron chi connectivity index (χ3n) is 2.96. The molecule has 1 heterocycles. The van der Waals surface area contributed by atoms with E-state index in [0.29, 0.717) is 18.1 Å². The Hall–Kier alpha value is -0.120. The molecule has 3 heteroatoms. The summed E-state index contributed by atoms with van der Waals surface area (Å²) in [6, 6.07) is 0.558. The fourth-order valence-corrected chi connectivity index (χ4v) is 1.83. The fourth-order valence-electron chi connectivity index (χ4n) is 1.83. The molecule has 0 aliphatic carbocycles. The van der Waals surface area contributed by atoms with Crippen molar-refractivity contribution in [3.05, 3.63) is 0 Å². The molecule has 0 aromatic heterocycles. The molecule has 0 aromatic carbocycles. The number of ether oxygens (including phenoxy) is 1. The van der Waals surface area contributed by atoms with Crippen LogP contribution in [0, 0.1) is 5.92 Å². The van der Waals surface area contributed by atoms with Gasteiger partial charge in [0.15, 0.2) is 0 Å². The molecule has 84 valence electrons. The van der Waals surface area contributed by atoms with Crippen LogP contribution in [-0.2, 0) is 4.74 Å². The number of rotatable bonds is 6. The van der Waals surface area contributed by atoms with Crippen molar-refractivity contribution in [2.24, 2.45) is 5.92 Å². The Labute approximate surface area is 87.6 Å². The lowest BCUT2D eigenvalue weighted by Crippen LogP contribution is -2.39. The Bertz CT molecular complexity index is 152. The predicted molar refractivity (Wildman–Crippen MR) is 59.5 cm³/mol. The first-order valence-corrected chi connectivity index (χ1v) is 5.79. The van der Waals surface area contributed by atoms with Gasteiger partial charge in [-0.15, -0.1) is 0 Å². The van der Waals surface area contributed by atoms with E-state index in [9.17, 15) is 0 Å². The van der Waals surface area contributed by atoms with E-state index in [1.54, 1.807) is 0 Å². The number of nitrogens with one attached hydrogen (secondary N) is 2. The summed E-state index contributed by atoms with van der Waals surface area (Å²) in [4.78, 5) is 0. The van der Waals surface area contributed by atoms with Crippen molar-refractivity contribution in [3.8, 4) is 0 Å². The number of hydrogen-bond acceptors (Lipinski definition) is 3. The average molecular weight is 200 g/mol. The molecule has 14 heavy (non-hydrogen) atoms. The van der Waals surface area contributed by atoms with Gasteiger partial charge in [0.05, 0.1) is 6.10 Å². The van der Waals surface area contributed by atoms with E-state index in [-0.39, 0.29) is 0 Å². The van der Waals surface area contributed by atoms with Crippen molar-refractivity contribution in [1.29, 1.82) is 0 Å². The fraction of sp³-hybridized carbons (Fsp3) is 1.00. The van der Waals surface area contributed by atoms with Crippen molar-refractivity contribution in [2.75, 3.05) is 26.2 Å². The topological polar surface area (TPSA) is 33.3 Å². The molecule has 1 fully saturated rings. The third-order valence-corrected chi connectivity index (χ3v) is 2.96. The minimum atomic E-state index is 0.439. The lowest BCUT2D eigenvalue weighted by Gasteiger charge is -2.19. The van der Waals surface area contributed by atoms with Crippen LogP contribution in [0.1, 0.15) is 27.2 Å². The Morgan fingerprint density at radius 1 is 1.50 bits per heavy atom. The predicted octanol–water partition coefficient (Wildman–Crippen LogP) is 0.999. The van der Waals surface area contributed by atoms with Gasteiger partial charge in [0, 0.05) is 25.7 Å². The highest BCUT2D eigenvalue weighted by Gasteiger charge is 2.23. The molecular weight excluding hydrogens is 176 g/mol. The van der Waals surface area contributed by atoms with Gasteiger partial charge >= 0.3 is 0 Å². The van der Waals surface area contributed by atoms with E-state index < -0.39 is 0 Å². The first-order valence-electron chi connectivity index (χ1n) is 5.79. The Morgan fingerprint density at radius 2 is 2.29 bits per heavy atom. The molecule has 2 N–H and O–H groups in total. The second kappa shape index (κ2) is 6.38. The minimum Gasteiger partial charge on any atom is -0.378 e. The van der Waals surface area contributed by atoms with E-state index in [1.807, 2.05) is 0 Å². The van der Waals surface area contributed by atoms with E-state index in [2.05, 4.69) is 31.4 Å². The zero-order valence-electron chi connectivity index (χ0n) is 9.68. The average Bonchev–Trinajstić information content (AvgIpc) is 2.58. The van der Waals surface area contributed by atoms with E-state index in [0.717, 1.165) is 26.2 Å². The smallest absolute Gasteiger partial charge is 0.0588 e. The van der Waals surface area contributed by atoms with Crippen LogP contribution in [0.25, 0.3) is 0 Å². The molecule has 0 aromatic rings. The summed E-state index contributed by atoms with van der Waals surface area (Å²) in [7, 11) is 0. The standard InChI is InChI=1S/C11H24N2O/c1-4-12-7-9(2)13-8-11-5-6-14-10(11)3/h9-13H,4-8H2,1-3H3. The molecule has 0 spiro atoms. The second-order valence-corrected chi connectivity index (χ2v) is 4.24. The van der Waals surface area contributed by atoms with Crippen molar-refractivity contribution >= 4 is 0 Å². The van der Waals surface area contributed by atoms with Crippen LogP contribution < -0.4 is 10.6 Å². The molecule has 3 atom stereocenters. The Kier molecular flexibility index (Phi) is 5.45. The van der Waals surface area contributed by atoms with Crippen LogP contribution >= 0.6 is 0 Å². The normalized spacial score (nSPS) is 29.4. The lowest BCUT2D eigenvalue weighted by molar-refractivity contribution is 0.105. The quantitative estimate of drug-likeness (QED) is 0.671. The van der Waals surface area contributed by atoms with Crippen LogP contribution in [0.15, 0.2) is 0 Å². The summed E-state index contributed by atoms with van der Waals surface area (Å²) < 4.78 is 5.52. The second-order valence-electron chi connectivity index (χ2n) is 4.24. The number of likely N-dealkylation sites (N-methyl/N-ethyl adjacent to an activating group) is 1. The van der Waals surface area contributed by atoms with Gasteiger partial charge in [-0.25, -0.2) is 0 Å². The molecule has 1 aliphatic heterocycles. The Balaban J connectivity index is 2.07. The molecule has 3 unspecified atom stereocenters. The number of hydrogen-bond donors (Lipinski definition) is 2. The largest absolute Gasteiger partial charge is 0.378 e. The molecule has 0 saturated carbocycles. The van der Waals surface area contributed by atoms with Crippen molar-refractivity contribution in [2.45, 2.75) is 39.3 Å². The molecule has 0 radical (unpaired) electrons. The van der Waals surface area contributed by atoms with Gasteiger partial charge in [-0.05, 0) is 32.7 Å². The molecular formula is C11H24N2O. The highest BCUT2D eigenvalue weighted by Crippen LogP contribution is 2.19. The Morgan fingerprint density at radius 3 is 2.86 bits per heavy atom. The van der Waals surface area contributed by atoms with Gasteiger partial charge in [-0.1, -0.05) is 6.92 Å². The first kappa shape index (κ1) is 12.0. The summed E-state index contributed by atoms with van der Waals surface area (Å²) in [6.45, 7) is 10.7. The summed E-state index contributed by atoms with van der Waals surface area (Å²) in [5, 5.41) is 6.89. The highest BCUT2D eigenvalue weighted by molar-refractivity contribution is 4.76. The SMILES string of the molecule is CCNCC(C)NCC1CCOC1C. The molecule has 1 aliphatic rings. The molecule has 0 bridgehead atoms. The van der Waals surface area contributed by atoms with Crippen molar-refractivity contribution in [3.63, 3.8) is 0 Å². The van der Waals surface area contributed by atoms with Crippen molar-refractivity contribution < 1.29 is 4.74 Å². The van der Waals surface area contributed by atoms with Gasteiger partial charge in [-0.3, -0.25) is 0 Å². The van der Waals surface area contributed by atoms with Crippen LogP contribution in [0.4, 0.5) is 0 Å². The van der Waals surface area contributed by atoms with Gasteiger partial charge in [0.2, 0.25) is 0 Å². The van der Waals surface area contributed by atoms with Gasteiger partial charge < -0.3 is 15.4 Å². The molecule has 0 amide bonds. The summed E-state index contributed by atoms with van der Waals surface area (Å²) >= 11 is 0. The molecule has 3 nitrogen and oxygen atoms in total. The van der Waals surface area contributed by atoms with E-state index in [4.69, 9.17) is 4.74 Å². The van der Waals surface area contributed by atoms with Crippen LogP contribution in [0.3, 0.4) is 0 Å². The minimum absolute atomic E-state index is 0.439. The van der Waals surface area contributed by atoms with Gasteiger partial charge in [0.25, 0.3) is 0 Å². The lowest BCUT2D eigenvalue weighted by atomic mass is 10.0. The van der Waals surface area contributed by atoms with Crippen LogP contribution in [0.5, 0.6) is 0 Å².